The Labute approximate surface area is 80.7 Å². The van der Waals surface area contributed by atoms with Crippen molar-refractivity contribution in [3.8, 4) is 0 Å². The average Bonchev–Trinajstić information content (AvgIpc) is 2.45. The van der Waals surface area contributed by atoms with E-state index in [1.165, 1.54) is 0 Å². The molecule has 0 saturated carbocycles. The van der Waals surface area contributed by atoms with Gasteiger partial charge < -0.3 is 16.7 Å². The van der Waals surface area contributed by atoms with Crippen molar-refractivity contribution in [3.05, 3.63) is 5.82 Å². The van der Waals surface area contributed by atoms with Crippen LogP contribution in [0.15, 0.2) is 0 Å². The zero-order valence-corrected chi connectivity index (χ0v) is 8.01. The van der Waals surface area contributed by atoms with Crippen LogP contribution in [0.25, 0.3) is 0 Å². The van der Waals surface area contributed by atoms with Crippen molar-refractivity contribution in [3.63, 3.8) is 0 Å². The number of hydrogen-bond acceptors (Lipinski definition) is 5. The van der Waals surface area contributed by atoms with Gasteiger partial charge in [0, 0.05) is 5.92 Å². The predicted molar refractivity (Wildman–Crippen MR) is 49.8 cm³/mol. The maximum absolute atomic E-state index is 10.7. The smallest absolute Gasteiger partial charge is 0.306 e. The molecule has 1 rings (SSSR count). The molecular formula is C7H13N5O2. The van der Waals surface area contributed by atoms with Crippen LogP contribution in [0.3, 0.4) is 0 Å². The molecular weight excluding hydrogens is 186 g/mol. The Bertz CT molecular complexity index is 348. The molecule has 0 aliphatic heterocycles. The zero-order valence-electron chi connectivity index (χ0n) is 8.01. The molecule has 0 aliphatic carbocycles. The zero-order chi connectivity index (χ0) is 10.9. The third-order valence-corrected chi connectivity index (χ3v) is 2.30. The summed E-state index contributed by atoms with van der Waals surface area (Å²) in [5, 5.41) is 16.1. The van der Waals surface area contributed by atoms with E-state index in [0.717, 1.165) is 4.68 Å². The van der Waals surface area contributed by atoms with Crippen LogP contribution in [-0.4, -0.2) is 25.9 Å². The van der Waals surface area contributed by atoms with E-state index in [1.807, 2.05) is 0 Å². The van der Waals surface area contributed by atoms with E-state index in [0.29, 0.717) is 5.82 Å². The molecule has 0 aromatic carbocycles. The summed E-state index contributed by atoms with van der Waals surface area (Å²) in [4.78, 5) is 10.7. The number of aromatic nitrogens is 3. The number of carboxylic acids is 1. The Balaban J connectivity index is 2.94. The van der Waals surface area contributed by atoms with Gasteiger partial charge in [-0.15, -0.1) is 10.2 Å². The number of rotatable bonds is 3. The van der Waals surface area contributed by atoms with Crippen molar-refractivity contribution >= 4 is 11.9 Å². The molecule has 2 atom stereocenters. The normalized spacial score (nSPS) is 15.0. The Morgan fingerprint density at radius 2 is 2.07 bits per heavy atom. The Morgan fingerprint density at radius 3 is 2.43 bits per heavy atom. The third kappa shape index (κ3) is 1.61. The highest BCUT2D eigenvalue weighted by Crippen LogP contribution is 2.22. The second-order valence-corrected chi connectivity index (χ2v) is 3.20. The molecule has 0 amide bonds. The van der Waals surface area contributed by atoms with Gasteiger partial charge in [0.15, 0.2) is 5.82 Å². The first-order valence-corrected chi connectivity index (χ1v) is 4.13. The van der Waals surface area contributed by atoms with E-state index in [-0.39, 0.29) is 11.9 Å². The number of carbonyl (C=O) groups is 1. The SMILES string of the molecule is CC(C(=O)O)C(C)c1nnc(N)n1N. The molecule has 1 aromatic heterocycles. The second-order valence-electron chi connectivity index (χ2n) is 3.20. The van der Waals surface area contributed by atoms with E-state index in [4.69, 9.17) is 16.7 Å². The van der Waals surface area contributed by atoms with Gasteiger partial charge in [0.25, 0.3) is 0 Å². The maximum Gasteiger partial charge on any atom is 0.306 e. The van der Waals surface area contributed by atoms with Crippen molar-refractivity contribution in [1.29, 1.82) is 0 Å². The molecule has 1 aromatic rings. The summed E-state index contributed by atoms with van der Waals surface area (Å²) < 4.78 is 1.10. The summed E-state index contributed by atoms with van der Waals surface area (Å²) in [6, 6.07) is 0. The molecule has 1 heterocycles. The van der Waals surface area contributed by atoms with Crippen LogP contribution in [0.5, 0.6) is 0 Å². The maximum atomic E-state index is 10.7. The lowest BCUT2D eigenvalue weighted by Gasteiger charge is -2.14. The van der Waals surface area contributed by atoms with Crippen LogP contribution in [-0.2, 0) is 4.79 Å². The summed E-state index contributed by atoms with van der Waals surface area (Å²) >= 11 is 0. The van der Waals surface area contributed by atoms with Gasteiger partial charge in [0.2, 0.25) is 5.95 Å². The molecule has 0 aliphatic rings. The van der Waals surface area contributed by atoms with E-state index in [1.54, 1.807) is 13.8 Å². The molecule has 7 heteroatoms. The average molecular weight is 199 g/mol. The molecule has 78 valence electrons. The van der Waals surface area contributed by atoms with Crippen molar-refractivity contribution in [2.75, 3.05) is 11.6 Å². The number of hydrogen-bond donors (Lipinski definition) is 3. The van der Waals surface area contributed by atoms with E-state index >= 15 is 0 Å². The minimum absolute atomic E-state index is 0.0736. The first kappa shape index (κ1) is 10.3. The molecule has 5 N–H and O–H groups in total. The number of anilines is 1. The summed E-state index contributed by atoms with van der Waals surface area (Å²) in [5.74, 6) is 4.14. The van der Waals surface area contributed by atoms with Gasteiger partial charge in [-0.1, -0.05) is 13.8 Å². The van der Waals surface area contributed by atoms with Crippen LogP contribution < -0.4 is 11.6 Å². The van der Waals surface area contributed by atoms with Gasteiger partial charge >= 0.3 is 5.97 Å². The number of nitrogens with zero attached hydrogens (tertiary/aromatic N) is 3. The topological polar surface area (TPSA) is 120 Å². The molecule has 0 saturated heterocycles. The molecule has 0 fully saturated rings. The number of nitrogen functional groups attached to an aromatic ring is 2. The molecule has 2 unspecified atom stereocenters. The summed E-state index contributed by atoms with van der Waals surface area (Å²) in [7, 11) is 0. The number of carboxylic acid groups (broad SMARTS) is 1. The van der Waals surface area contributed by atoms with Crippen molar-refractivity contribution in [2.45, 2.75) is 19.8 Å². The molecule has 14 heavy (non-hydrogen) atoms. The largest absolute Gasteiger partial charge is 0.481 e. The predicted octanol–water partition coefficient (Wildman–Crippen LogP) is -0.602. The summed E-state index contributed by atoms with van der Waals surface area (Å²) in [6.45, 7) is 3.30. The van der Waals surface area contributed by atoms with Gasteiger partial charge in [-0.05, 0) is 0 Å². The van der Waals surface area contributed by atoms with Crippen molar-refractivity contribution < 1.29 is 9.90 Å². The fraction of sp³-hybridized carbons (Fsp3) is 0.571. The quantitative estimate of drug-likeness (QED) is 0.559. The Hall–Kier alpha value is -1.79. The monoisotopic (exact) mass is 199 g/mol. The van der Waals surface area contributed by atoms with Crippen molar-refractivity contribution in [2.24, 2.45) is 5.92 Å². The molecule has 0 radical (unpaired) electrons. The fourth-order valence-corrected chi connectivity index (χ4v) is 1.06. The molecule has 7 nitrogen and oxygen atoms in total. The minimum atomic E-state index is -0.904. The van der Waals surface area contributed by atoms with Gasteiger partial charge in [0.05, 0.1) is 5.92 Å². The van der Waals surface area contributed by atoms with E-state index < -0.39 is 11.9 Å². The van der Waals surface area contributed by atoms with Crippen LogP contribution in [0, 0.1) is 5.92 Å². The second kappa shape index (κ2) is 3.52. The summed E-state index contributed by atoms with van der Waals surface area (Å²) in [5.41, 5.74) is 5.37. The first-order chi connectivity index (χ1) is 6.45. The van der Waals surface area contributed by atoms with E-state index in [9.17, 15) is 4.79 Å². The highest BCUT2D eigenvalue weighted by atomic mass is 16.4. The fourth-order valence-electron chi connectivity index (χ4n) is 1.06. The lowest BCUT2D eigenvalue weighted by atomic mass is 9.95. The first-order valence-electron chi connectivity index (χ1n) is 4.13. The minimum Gasteiger partial charge on any atom is -0.481 e. The van der Waals surface area contributed by atoms with E-state index in [2.05, 4.69) is 10.2 Å². The van der Waals surface area contributed by atoms with Crippen LogP contribution in [0.1, 0.15) is 25.6 Å². The highest BCUT2D eigenvalue weighted by molar-refractivity contribution is 5.70. The van der Waals surface area contributed by atoms with Crippen molar-refractivity contribution in [1.82, 2.24) is 14.9 Å². The molecule has 0 spiro atoms. The van der Waals surface area contributed by atoms with Gasteiger partial charge in [-0.2, -0.15) is 0 Å². The Morgan fingerprint density at radius 1 is 1.50 bits per heavy atom. The molecule has 0 bridgehead atoms. The number of aliphatic carboxylic acids is 1. The lowest BCUT2D eigenvalue weighted by molar-refractivity contribution is -0.141. The Kier molecular flexibility index (Phi) is 2.59. The number of nitrogens with two attached hydrogens (primary N) is 2. The van der Waals surface area contributed by atoms with Gasteiger partial charge in [-0.25, -0.2) is 4.68 Å². The van der Waals surface area contributed by atoms with Gasteiger partial charge in [0.1, 0.15) is 0 Å². The van der Waals surface area contributed by atoms with Crippen LogP contribution in [0.2, 0.25) is 0 Å². The van der Waals surface area contributed by atoms with Gasteiger partial charge in [-0.3, -0.25) is 4.79 Å². The lowest BCUT2D eigenvalue weighted by Crippen LogP contribution is -2.23. The van der Waals surface area contributed by atoms with Crippen LogP contribution >= 0.6 is 0 Å². The standard InChI is InChI=1S/C7H13N5O2/c1-3(4(2)6(13)14)5-10-11-7(8)12(5)9/h3-4H,9H2,1-2H3,(H2,8,11)(H,13,14). The summed E-state index contributed by atoms with van der Waals surface area (Å²) in [6.07, 6.45) is 0. The highest BCUT2D eigenvalue weighted by Gasteiger charge is 2.25. The third-order valence-electron chi connectivity index (χ3n) is 2.30. The van der Waals surface area contributed by atoms with Crippen LogP contribution in [0.4, 0.5) is 5.95 Å².